The molecule has 1 aliphatic rings. The monoisotopic (exact) mass is 312 g/mol. The van der Waals surface area contributed by atoms with E-state index in [1.807, 2.05) is 26.0 Å². The van der Waals surface area contributed by atoms with Gasteiger partial charge in [0.25, 0.3) is 5.91 Å². The minimum atomic E-state index is -0.461. The molecule has 2 aromatic rings. The van der Waals surface area contributed by atoms with Crippen molar-refractivity contribution >= 4 is 11.6 Å². The molecule has 1 aliphatic heterocycles. The van der Waals surface area contributed by atoms with E-state index in [9.17, 15) is 4.79 Å². The Morgan fingerprint density at radius 1 is 1.35 bits per heavy atom. The highest BCUT2D eigenvalue weighted by Gasteiger charge is 2.31. The Morgan fingerprint density at radius 2 is 2.17 bits per heavy atom. The van der Waals surface area contributed by atoms with Crippen LogP contribution in [0.5, 0.6) is 0 Å². The van der Waals surface area contributed by atoms with Gasteiger partial charge < -0.3 is 15.4 Å². The number of aromatic nitrogens is 2. The summed E-state index contributed by atoms with van der Waals surface area (Å²) in [7, 11) is 0. The maximum atomic E-state index is 11.9. The molecule has 0 radical (unpaired) electrons. The number of hydrogen-bond acceptors (Lipinski definition) is 5. The first-order valence-corrected chi connectivity index (χ1v) is 7.56. The molecule has 23 heavy (non-hydrogen) atoms. The fourth-order valence-corrected chi connectivity index (χ4v) is 2.89. The molecular formula is C17H20N4O2. The van der Waals surface area contributed by atoms with E-state index in [0.717, 1.165) is 11.3 Å². The Balaban J connectivity index is 2.14. The molecule has 6 heteroatoms. The second-order valence-electron chi connectivity index (χ2n) is 6.19. The van der Waals surface area contributed by atoms with E-state index in [1.165, 1.54) is 0 Å². The first kappa shape index (κ1) is 15.4. The van der Waals surface area contributed by atoms with Gasteiger partial charge >= 0.3 is 0 Å². The molecule has 0 unspecified atom stereocenters. The van der Waals surface area contributed by atoms with Gasteiger partial charge in [0.2, 0.25) is 0 Å². The van der Waals surface area contributed by atoms with E-state index in [4.69, 9.17) is 10.5 Å². The van der Waals surface area contributed by atoms with Gasteiger partial charge in [0.15, 0.2) is 0 Å². The van der Waals surface area contributed by atoms with Crippen LogP contribution in [0.15, 0.2) is 36.8 Å². The predicted molar refractivity (Wildman–Crippen MR) is 88.2 cm³/mol. The molecule has 1 saturated heterocycles. The van der Waals surface area contributed by atoms with Crippen molar-refractivity contribution in [3.63, 3.8) is 0 Å². The minimum Gasteiger partial charge on any atom is -0.372 e. The van der Waals surface area contributed by atoms with Gasteiger partial charge in [-0.2, -0.15) is 0 Å². The summed E-state index contributed by atoms with van der Waals surface area (Å²) in [6, 6.07) is 5.44. The molecule has 0 saturated carbocycles. The number of carbonyl (C=O) groups is 1. The van der Waals surface area contributed by atoms with E-state index < -0.39 is 5.91 Å². The van der Waals surface area contributed by atoms with Crippen LogP contribution >= 0.6 is 0 Å². The molecule has 2 aromatic heterocycles. The zero-order valence-electron chi connectivity index (χ0n) is 13.3. The van der Waals surface area contributed by atoms with Crippen molar-refractivity contribution in [1.29, 1.82) is 0 Å². The minimum absolute atomic E-state index is 0.296. The van der Waals surface area contributed by atoms with E-state index in [0.29, 0.717) is 31.0 Å². The van der Waals surface area contributed by atoms with Crippen LogP contribution in [-0.4, -0.2) is 41.2 Å². The predicted octanol–water partition coefficient (Wildman–Crippen LogP) is 1.86. The molecule has 0 aromatic carbocycles. The zero-order chi connectivity index (χ0) is 16.4. The standard InChI is InChI=1S/C17H20N4O2/c1-17(2)11-21(8-9-23-17)15-13(16(18)22)5-7-20-14(15)12-4-3-6-19-10-12/h3-7,10H,8-9,11H2,1-2H3,(H2,18,22). The van der Waals surface area contributed by atoms with Crippen molar-refractivity contribution in [2.45, 2.75) is 19.4 Å². The third-order valence-corrected chi connectivity index (χ3v) is 3.87. The topological polar surface area (TPSA) is 81.3 Å². The number of carbonyl (C=O) groups excluding carboxylic acids is 1. The average molecular weight is 312 g/mol. The van der Waals surface area contributed by atoms with Crippen molar-refractivity contribution in [3.8, 4) is 11.3 Å². The van der Waals surface area contributed by atoms with Crippen LogP contribution in [0.3, 0.4) is 0 Å². The quantitative estimate of drug-likeness (QED) is 0.935. The first-order valence-electron chi connectivity index (χ1n) is 7.56. The van der Waals surface area contributed by atoms with Crippen molar-refractivity contribution in [1.82, 2.24) is 9.97 Å². The third kappa shape index (κ3) is 3.17. The maximum Gasteiger partial charge on any atom is 0.250 e. The Labute approximate surface area is 135 Å². The summed E-state index contributed by atoms with van der Waals surface area (Å²) in [5.41, 5.74) is 8.09. The van der Waals surface area contributed by atoms with Crippen LogP contribution in [0.25, 0.3) is 11.3 Å². The number of ether oxygens (including phenoxy) is 1. The normalized spacial score (nSPS) is 17.0. The number of hydrogen-bond donors (Lipinski definition) is 1. The summed E-state index contributed by atoms with van der Waals surface area (Å²) in [5.74, 6) is -0.461. The highest BCUT2D eigenvalue weighted by molar-refractivity contribution is 6.01. The van der Waals surface area contributed by atoms with Crippen LogP contribution in [0.2, 0.25) is 0 Å². The third-order valence-electron chi connectivity index (χ3n) is 3.87. The first-order chi connectivity index (χ1) is 11.0. The number of rotatable bonds is 3. The molecule has 2 N–H and O–H groups in total. The van der Waals surface area contributed by atoms with Crippen LogP contribution in [-0.2, 0) is 4.74 Å². The molecule has 0 atom stereocenters. The second-order valence-corrected chi connectivity index (χ2v) is 6.19. The van der Waals surface area contributed by atoms with E-state index in [-0.39, 0.29) is 5.60 Å². The fraction of sp³-hybridized carbons (Fsp3) is 0.353. The smallest absolute Gasteiger partial charge is 0.250 e. The number of nitrogens with two attached hydrogens (primary N) is 1. The summed E-state index contributed by atoms with van der Waals surface area (Å²) in [6.07, 6.45) is 5.05. The van der Waals surface area contributed by atoms with Gasteiger partial charge in [0.05, 0.1) is 29.2 Å². The van der Waals surface area contributed by atoms with Gasteiger partial charge in [-0.3, -0.25) is 14.8 Å². The van der Waals surface area contributed by atoms with Gasteiger partial charge in [0.1, 0.15) is 0 Å². The highest BCUT2D eigenvalue weighted by atomic mass is 16.5. The molecule has 0 aliphatic carbocycles. The number of morpholine rings is 1. The summed E-state index contributed by atoms with van der Waals surface area (Å²) in [5, 5.41) is 0. The average Bonchev–Trinajstić information content (AvgIpc) is 2.54. The SMILES string of the molecule is CC1(C)CN(c2c(C(N)=O)ccnc2-c2cccnc2)CCO1. The van der Waals surface area contributed by atoms with Crippen LogP contribution in [0.1, 0.15) is 24.2 Å². The molecule has 3 heterocycles. The van der Waals surface area contributed by atoms with Gasteiger partial charge in [-0.1, -0.05) is 0 Å². The number of primary amides is 1. The molecular weight excluding hydrogens is 292 g/mol. The molecule has 1 fully saturated rings. The molecule has 1 amide bonds. The summed E-state index contributed by atoms with van der Waals surface area (Å²) < 4.78 is 5.77. The van der Waals surface area contributed by atoms with Crippen LogP contribution < -0.4 is 10.6 Å². The van der Waals surface area contributed by atoms with Crippen molar-refractivity contribution < 1.29 is 9.53 Å². The van der Waals surface area contributed by atoms with Gasteiger partial charge in [-0.15, -0.1) is 0 Å². The van der Waals surface area contributed by atoms with Crippen LogP contribution in [0.4, 0.5) is 5.69 Å². The van der Waals surface area contributed by atoms with Crippen LogP contribution in [0, 0.1) is 0 Å². The number of anilines is 1. The lowest BCUT2D eigenvalue weighted by Gasteiger charge is -2.40. The summed E-state index contributed by atoms with van der Waals surface area (Å²) >= 11 is 0. The van der Waals surface area contributed by atoms with Crippen molar-refractivity contribution in [2.75, 3.05) is 24.6 Å². The Kier molecular flexibility index (Phi) is 4.00. The van der Waals surface area contributed by atoms with Crippen molar-refractivity contribution in [2.24, 2.45) is 5.73 Å². The fourth-order valence-electron chi connectivity index (χ4n) is 2.89. The highest BCUT2D eigenvalue weighted by Crippen LogP contribution is 2.34. The Bertz CT molecular complexity index is 716. The maximum absolute atomic E-state index is 11.9. The summed E-state index contributed by atoms with van der Waals surface area (Å²) in [4.78, 5) is 22.7. The molecule has 6 nitrogen and oxygen atoms in total. The molecule has 3 rings (SSSR count). The number of pyridine rings is 2. The lowest BCUT2D eigenvalue weighted by atomic mass is 10.0. The largest absolute Gasteiger partial charge is 0.372 e. The van der Waals surface area contributed by atoms with E-state index in [1.54, 1.807) is 24.7 Å². The number of amides is 1. The van der Waals surface area contributed by atoms with E-state index >= 15 is 0 Å². The summed E-state index contributed by atoms with van der Waals surface area (Å²) in [6.45, 7) is 5.99. The Morgan fingerprint density at radius 3 is 2.83 bits per heavy atom. The van der Waals surface area contributed by atoms with E-state index in [2.05, 4.69) is 14.9 Å². The second kappa shape index (κ2) is 5.96. The van der Waals surface area contributed by atoms with Gasteiger partial charge in [-0.05, 0) is 32.0 Å². The van der Waals surface area contributed by atoms with Gasteiger partial charge in [0, 0.05) is 37.2 Å². The molecule has 120 valence electrons. The Hall–Kier alpha value is -2.47. The number of nitrogens with zero attached hydrogens (tertiary/aromatic N) is 3. The van der Waals surface area contributed by atoms with Crippen molar-refractivity contribution in [3.05, 3.63) is 42.4 Å². The molecule has 0 spiro atoms. The van der Waals surface area contributed by atoms with Gasteiger partial charge in [-0.25, -0.2) is 0 Å². The molecule has 0 bridgehead atoms. The zero-order valence-corrected chi connectivity index (χ0v) is 13.3. The lowest BCUT2D eigenvalue weighted by molar-refractivity contribution is -0.0277. The lowest BCUT2D eigenvalue weighted by Crippen LogP contribution is -2.49.